The minimum Gasteiger partial charge on any atom is -0.480 e. The van der Waals surface area contributed by atoms with Crippen LogP contribution in [0, 0.1) is 0 Å². The summed E-state index contributed by atoms with van der Waals surface area (Å²) >= 11 is 0. The van der Waals surface area contributed by atoms with Crippen molar-refractivity contribution in [3.63, 3.8) is 0 Å². The van der Waals surface area contributed by atoms with Crippen LogP contribution >= 0.6 is 0 Å². The Morgan fingerprint density at radius 3 is 2.28 bits per heavy atom. The summed E-state index contributed by atoms with van der Waals surface area (Å²) in [6, 6.07) is 18.3. The Morgan fingerprint density at radius 1 is 1.08 bits per heavy atom. The lowest BCUT2D eigenvalue weighted by Crippen LogP contribution is -2.33. The second-order valence-electron chi connectivity index (χ2n) is 5.64. The van der Waals surface area contributed by atoms with E-state index in [1.807, 2.05) is 60.7 Å². The Kier molecular flexibility index (Phi) is 4.81. The summed E-state index contributed by atoms with van der Waals surface area (Å²) in [5, 5.41) is 12.9. The summed E-state index contributed by atoms with van der Waals surface area (Å²) in [5.74, 6) is -1.13. The third kappa shape index (κ3) is 3.54. The number of hydrogen-bond donors (Lipinski definition) is 2. The summed E-state index contributed by atoms with van der Waals surface area (Å²) in [7, 11) is 1.75. The monoisotopic (exact) mass is 338 g/mol. The van der Waals surface area contributed by atoms with Gasteiger partial charge in [0.15, 0.2) is 5.76 Å². The molecule has 0 saturated heterocycles. The number of carbonyl (C=O) groups is 2. The van der Waals surface area contributed by atoms with E-state index >= 15 is 0 Å². The number of carboxylic acids is 1. The van der Waals surface area contributed by atoms with Crippen LogP contribution in [-0.4, -0.2) is 35.6 Å². The number of aliphatic carboxylic acids is 1. The number of amides is 1. The Labute approximate surface area is 145 Å². The minimum atomic E-state index is -1.10. The fourth-order valence-corrected chi connectivity index (χ4v) is 2.84. The van der Waals surface area contributed by atoms with Gasteiger partial charge in [0.1, 0.15) is 12.6 Å². The van der Waals surface area contributed by atoms with E-state index < -0.39 is 24.5 Å². The van der Waals surface area contributed by atoms with Crippen molar-refractivity contribution in [3.05, 3.63) is 77.4 Å². The lowest BCUT2D eigenvalue weighted by atomic mass is 9.95. The van der Waals surface area contributed by atoms with Crippen molar-refractivity contribution in [1.29, 1.82) is 0 Å². The van der Waals surface area contributed by atoms with Crippen molar-refractivity contribution in [2.75, 3.05) is 13.6 Å². The zero-order chi connectivity index (χ0) is 17.8. The van der Waals surface area contributed by atoms with Gasteiger partial charge in [-0.05, 0) is 5.56 Å². The molecule has 0 aromatic heterocycles. The first-order valence-corrected chi connectivity index (χ1v) is 7.83. The van der Waals surface area contributed by atoms with Crippen LogP contribution in [0.1, 0.15) is 17.2 Å². The van der Waals surface area contributed by atoms with Crippen molar-refractivity contribution in [3.8, 4) is 0 Å². The largest absolute Gasteiger partial charge is 0.480 e. The van der Waals surface area contributed by atoms with E-state index in [4.69, 9.17) is 9.94 Å². The molecule has 2 N–H and O–H groups in total. The molecule has 0 unspecified atom stereocenters. The molecule has 1 aliphatic rings. The Hall–Kier alpha value is -3.12. The molecule has 128 valence electrons. The number of hydrogen-bond acceptors (Lipinski definition) is 4. The molecule has 3 rings (SSSR count). The molecule has 1 amide bonds. The van der Waals surface area contributed by atoms with Gasteiger partial charge in [0.2, 0.25) is 0 Å². The van der Waals surface area contributed by atoms with E-state index in [2.05, 4.69) is 5.32 Å². The van der Waals surface area contributed by atoms with Crippen LogP contribution in [-0.2, 0) is 14.4 Å². The number of carbonyl (C=O) groups excluding carboxylic acids is 1. The van der Waals surface area contributed by atoms with E-state index in [9.17, 15) is 9.59 Å². The maximum Gasteiger partial charge on any atom is 0.322 e. The predicted octanol–water partition coefficient (Wildman–Crippen LogP) is 2.22. The molecule has 6 nitrogen and oxygen atoms in total. The molecule has 1 heterocycles. The molecule has 6 heteroatoms. The number of benzene rings is 2. The molecular weight excluding hydrogens is 320 g/mol. The van der Waals surface area contributed by atoms with Crippen LogP contribution in [0.2, 0.25) is 0 Å². The van der Waals surface area contributed by atoms with Crippen molar-refractivity contribution in [2.24, 2.45) is 0 Å². The standard InChI is InChI=1S/C19H18N2O4/c1-21-17(13-8-4-2-5-9-13)16(19(24)20-12-15(22)23)18(25-21)14-10-6-3-7-11-14/h2-11,17H,12H2,1H3,(H,20,24)(H,22,23)/t17-/m1/s1. The van der Waals surface area contributed by atoms with Gasteiger partial charge in [0, 0.05) is 12.6 Å². The first-order valence-electron chi connectivity index (χ1n) is 7.83. The summed E-state index contributed by atoms with van der Waals surface area (Å²) in [5.41, 5.74) is 2.03. The average Bonchev–Trinajstić information content (AvgIpc) is 2.98. The van der Waals surface area contributed by atoms with Crippen LogP contribution in [0.3, 0.4) is 0 Å². The van der Waals surface area contributed by atoms with Crippen LogP contribution < -0.4 is 5.32 Å². The van der Waals surface area contributed by atoms with Gasteiger partial charge in [0.25, 0.3) is 5.91 Å². The summed E-state index contributed by atoms with van der Waals surface area (Å²) in [6.07, 6.45) is 0. The highest BCUT2D eigenvalue weighted by atomic mass is 16.7. The Balaban J connectivity index is 2.06. The molecule has 0 fully saturated rings. The number of carboxylic acid groups (broad SMARTS) is 1. The SMILES string of the molecule is CN1OC(c2ccccc2)=C(C(=O)NCC(=O)O)[C@H]1c1ccccc1. The number of nitrogens with one attached hydrogen (secondary N) is 1. The highest BCUT2D eigenvalue weighted by Crippen LogP contribution is 2.41. The van der Waals surface area contributed by atoms with Gasteiger partial charge in [-0.1, -0.05) is 60.7 Å². The molecule has 0 bridgehead atoms. The highest BCUT2D eigenvalue weighted by molar-refractivity contribution is 6.03. The number of nitrogens with zero attached hydrogens (tertiary/aromatic N) is 1. The van der Waals surface area contributed by atoms with Crippen molar-refractivity contribution in [1.82, 2.24) is 10.4 Å². The van der Waals surface area contributed by atoms with Gasteiger partial charge < -0.3 is 15.3 Å². The van der Waals surface area contributed by atoms with Gasteiger partial charge >= 0.3 is 5.97 Å². The average molecular weight is 338 g/mol. The second-order valence-corrected chi connectivity index (χ2v) is 5.64. The van der Waals surface area contributed by atoms with E-state index in [0.717, 1.165) is 11.1 Å². The summed E-state index contributed by atoms with van der Waals surface area (Å²) in [4.78, 5) is 29.4. The smallest absolute Gasteiger partial charge is 0.322 e. The molecule has 2 aromatic rings. The van der Waals surface area contributed by atoms with Gasteiger partial charge in [-0.3, -0.25) is 9.59 Å². The van der Waals surface area contributed by atoms with E-state index in [-0.39, 0.29) is 0 Å². The lowest BCUT2D eigenvalue weighted by Gasteiger charge is -2.20. The fourth-order valence-electron chi connectivity index (χ4n) is 2.84. The normalized spacial score (nSPS) is 17.2. The third-order valence-corrected chi connectivity index (χ3v) is 3.91. The lowest BCUT2D eigenvalue weighted by molar-refractivity contribution is -0.137. The molecular formula is C19H18N2O4. The molecule has 2 aromatic carbocycles. The van der Waals surface area contributed by atoms with Crippen LogP contribution in [0.4, 0.5) is 0 Å². The zero-order valence-corrected chi connectivity index (χ0v) is 13.7. The van der Waals surface area contributed by atoms with Crippen LogP contribution in [0.5, 0.6) is 0 Å². The molecule has 0 aliphatic carbocycles. The topological polar surface area (TPSA) is 78.9 Å². The van der Waals surface area contributed by atoms with Gasteiger partial charge in [-0.2, -0.15) is 0 Å². The third-order valence-electron chi connectivity index (χ3n) is 3.91. The maximum atomic E-state index is 12.7. The molecule has 1 aliphatic heterocycles. The van der Waals surface area contributed by atoms with Gasteiger partial charge in [0.05, 0.1) is 5.57 Å². The van der Waals surface area contributed by atoms with Crippen LogP contribution in [0.15, 0.2) is 66.2 Å². The zero-order valence-electron chi connectivity index (χ0n) is 13.7. The Morgan fingerprint density at radius 2 is 1.68 bits per heavy atom. The van der Waals surface area contributed by atoms with Gasteiger partial charge in [-0.15, -0.1) is 5.06 Å². The number of likely N-dealkylation sites (N-methyl/N-ethyl adjacent to an activating group) is 1. The molecule has 0 spiro atoms. The van der Waals surface area contributed by atoms with Crippen molar-refractivity contribution >= 4 is 17.6 Å². The predicted molar refractivity (Wildman–Crippen MR) is 92.0 cm³/mol. The fraction of sp³-hybridized carbons (Fsp3) is 0.158. The molecule has 25 heavy (non-hydrogen) atoms. The quantitative estimate of drug-likeness (QED) is 0.874. The summed E-state index contributed by atoms with van der Waals surface area (Å²) < 4.78 is 0. The van der Waals surface area contributed by atoms with E-state index in [1.54, 1.807) is 12.1 Å². The summed E-state index contributed by atoms with van der Waals surface area (Å²) in [6.45, 7) is -0.449. The van der Waals surface area contributed by atoms with E-state index in [0.29, 0.717) is 11.3 Å². The first kappa shape index (κ1) is 16.7. The van der Waals surface area contributed by atoms with Crippen molar-refractivity contribution in [2.45, 2.75) is 6.04 Å². The van der Waals surface area contributed by atoms with Crippen molar-refractivity contribution < 1.29 is 19.5 Å². The maximum absolute atomic E-state index is 12.7. The molecule has 0 saturated carbocycles. The van der Waals surface area contributed by atoms with Gasteiger partial charge in [-0.25, -0.2) is 0 Å². The molecule has 0 radical (unpaired) electrons. The van der Waals surface area contributed by atoms with E-state index in [1.165, 1.54) is 0 Å². The Bertz CT molecular complexity index is 803. The van der Waals surface area contributed by atoms with Crippen LogP contribution in [0.25, 0.3) is 5.76 Å². The molecule has 1 atom stereocenters. The number of rotatable bonds is 5. The minimum absolute atomic E-state index is 0.390. The highest BCUT2D eigenvalue weighted by Gasteiger charge is 2.38. The second kappa shape index (κ2) is 7.19. The number of hydroxylamine groups is 2. The first-order chi connectivity index (χ1) is 12.1.